The zero-order valence-electron chi connectivity index (χ0n) is 12.2. The lowest BCUT2D eigenvalue weighted by molar-refractivity contribution is 0.0950. The minimum absolute atomic E-state index is 0.188. The molecule has 0 atom stereocenters. The third-order valence-corrected chi connectivity index (χ3v) is 3.06. The smallest absolute Gasteiger partial charge is 0.291 e. The number of hydrogen-bond donors (Lipinski definition) is 3. The van der Waals surface area contributed by atoms with Gasteiger partial charge in [-0.1, -0.05) is 13.8 Å². The van der Waals surface area contributed by atoms with Gasteiger partial charge in [0.15, 0.2) is 5.69 Å². The second kappa shape index (κ2) is 6.21. The Labute approximate surface area is 122 Å². The standard InChI is InChI=1S/C15H18N4O2/c1-9(2)13-8-14(18-17-13)15(21)19-16-10(3)11-4-6-12(20)7-5-11/h4-9,20H,1-3H3,(H,17,18)(H,19,21)/b16-10-. The van der Waals surface area contributed by atoms with E-state index in [1.165, 1.54) is 0 Å². The third kappa shape index (κ3) is 3.68. The van der Waals surface area contributed by atoms with Crippen LogP contribution in [-0.2, 0) is 0 Å². The summed E-state index contributed by atoms with van der Waals surface area (Å²) in [6.07, 6.45) is 0. The molecule has 2 aromatic rings. The average Bonchev–Trinajstić information content (AvgIpc) is 2.95. The maximum atomic E-state index is 11.9. The number of nitrogens with zero attached hydrogens (tertiary/aromatic N) is 2. The van der Waals surface area contributed by atoms with Crippen molar-refractivity contribution in [3.63, 3.8) is 0 Å². The van der Waals surface area contributed by atoms with Crippen LogP contribution in [0.4, 0.5) is 0 Å². The Hall–Kier alpha value is -2.63. The number of hydrazone groups is 1. The summed E-state index contributed by atoms with van der Waals surface area (Å²) < 4.78 is 0. The molecular formula is C15H18N4O2. The highest BCUT2D eigenvalue weighted by Crippen LogP contribution is 2.12. The molecule has 0 radical (unpaired) electrons. The summed E-state index contributed by atoms with van der Waals surface area (Å²) >= 11 is 0. The van der Waals surface area contributed by atoms with Crippen molar-refractivity contribution < 1.29 is 9.90 Å². The van der Waals surface area contributed by atoms with E-state index in [2.05, 4.69) is 20.7 Å². The Kier molecular flexibility index (Phi) is 4.37. The summed E-state index contributed by atoms with van der Waals surface area (Å²) in [6, 6.07) is 8.31. The first kappa shape index (κ1) is 14.8. The van der Waals surface area contributed by atoms with Gasteiger partial charge >= 0.3 is 0 Å². The van der Waals surface area contributed by atoms with E-state index in [1.807, 2.05) is 13.8 Å². The second-order valence-corrected chi connectivity index (χ2v) is 5.05. The van der Waals surface area contributed by atoms with E-state index in [0.29, 0.717) is 11.4 Å². The van der Waals surface area contributed by atoms with Crippen molar-refractivity contribution in [3.8, 4) is 5.75 Å². The molecule has 0 aliphatic carbocycles. The number of H-pyrrole nitrogens is 1. The monoisotopic (exact) mass is 286 g/mol. The van der Waals surface area contributed by atoms with Crippen molar-refractivity contribution >= 4 is 11.6 Å². The molecule has 0 bridgehead atoms. The minimum atomic E-state index is -0.365. The van der Waals surface area contributed by atoms with Crippen molar-refractivity contribution in [2.24, 2.45) is 5.10 Å². The first-order valence-electron chi connectivity index (χ1n) is 6.66. The van der Waals surface area contributed by atoms with E-state index < -0.39 is 0 Å². The lowest BCUT2D eigenvalue weighted by atomic mass is 10.1. The molecule has 0 aliphatic heterocycles. The maximum absolute atomic E-state index is 11.9. The van der Waals surface area contributed by atoms with E-state index in [4.69, 9.17) is 0 Å². The molecular weight excluding hydrogens is 268 g/mol. The molecule has 110 valence electrons. The fourth-order valence-corrected chi connectivity index (χ4v) is 1.71. The van der Waals surface area contributed by atoms with Crippen LogP contribution in [0.5, 0.6) is 5.75 Å². The third-order valence-electron chi connectivity index (χ3n) is 3.06. The molecule has 0 saturated heterocycles. The lowest BCUT2D eigenvalue weighted by Gasteiger charge is -2.01. The molecule has 0 fully saturated rings. The van der Waals surface area contributed by atoms with Crippen LogP contribution in [0.2, 0.25) is 0 Å². The van der Waals surface area contributed by atoms with Crippen LogP contribution in [0.1, 0.15) is 48.4 Å². The molecule has 21 heavy (non-hydrogen) atoms. The molecule has 1 heterocycles. The molecule has 1 aromatic carbocycles. The van der Waals surface area contributed by atoms with Gasteiger partial charge in [-0.15, -0.1) is 0 Å². The van der Waals surface area contributed by atoms with Gasteiger partial charge in [0, 0.05) is 5.69 Å². The van der Waals surface area contributed by atoms with Crippen LogP contribution >= 0.6 is 0 Å². The maximum Gasteiger partial charge on any atom is 0.291 e. The highest BCUT2D eigenvalue weighted by Gasteiger charge is 2.11. The summed E-state index contributed by atoms with van der Waals surface area (Å²) in [5.41, 5.74) is 5.14. The highest BCUT2D eigenvalue weighted by atomic mass is 16.3. The number of hydrogen-bond acceptors (Lipinski definition) is 4. The molecule has 2 rings (SSSR count). The predicted molar refractivity (Wildman–Crippen MR) is 80.5 cm³/mol. The number of phenols is 1. The van der Waals surface area contributed by atoms with Crippen LogP contribution < -0.4 is 5.43 Å². The first-order valence-corrected chi connectivity index (χ1v) is 6.66. The number of nitrogens with one attached hydrogen (secondary N) is 2. The number of aromatic amines is 1. The number of amides is 1. The van der Waals surface area contributed by atoms with Crippen molar-refractivity contribution in [1.29, 1.82) is 0 Å². The molecule has 6 heteroatoms. The largest absolute Gasteiger partial charge is 0.508 e. The Morgan fingerprint density at radius 2 is 2.00 bits per heavy atom. The fourth-order valence-electron chi connectivity index (χ4n) is 1.71. The number of carbonyl (C=O) groups excluding carboxylic acids is 1. The lowest BCUT2D eigenvalue weighted by Crippen LogP contribution is -2.19. The summed E-state index contributed by atoms with van der Waals surface area (Å²) in [5, 5.41) is 20.1. The predicted octanol–water partition coefficient (Wildman–Crippen LogP) is 2.39. The Balaban J connectivity index is 2.05. The molecule has 1 amide bonds. The molecule has 1 aromatic heterocycles. The molecule has 0 aliphatic rings. The summed E-state index contributed by atoms with van der Waals surface area (Å²) in [6.45, 7) is 5.81. The Morgan fingerprint density at radius 3 is 2.57 bits per heavy atom. The van der Waals surface area contributed by atoms with Gasteiger partial charge in [0.25, 0.3) is 5.91 Å². The quantitative estimate of drug-likeness (QED) is 0.595. The number of phenolic OH excluding ortho intramolecular Hbond substituents is 1. The normalized spacial score (nSPS) is 11.7. The van der Waals surface area contributed by atoms with Crippen molar-refractivity contribution in [2.45, 2.75) is 26.7 Å². The Morgan fingerprint density at radius 1 is 1.33 bits per heavy atom. The van der Waals surface area contributed by atoms with Gasteiger partial charge < -0.3 is 5.11 Å². The molecule has 0 saturated carbocycles. The van der Waals surface area contributed by atoms with Gasteiger partial charge in [0.05, 0.1) is 5.71 Å². The number of carbonyl (C=O) groups is 1. The SMILES string of the molecule is C/C(=N/NC(=O)c1cc(C(C)C)[nH]n1)c1ccc(O)cc1. The number of rotatable bonds is 4. The fraction of sp³-hybridized carbons (Fsp3) is 0.267. The summed E-state index contributed by atoms with van der Waals surface area (Å²) in [7, 11) is 0. The van der Waals surface area contributed by atoms with Gasteiger partial charge in [-0.25, -0.2) is 5.43 Å². The Bertz CT molecular complexity index is 657. The molecule has 0 spiro atoms. The van der Waals surface area contributed by atoms with Crippen molar-refractivity contribution in [1.82, 2.24) is 15.6 Å². The average molecular weight is 286 g/mol. The van der Waals surface area contributed by atoms with Crippen LogP contribution in [0.25, 0.3) is 0 Å². The van der Waals surface area contributed by atoms with Gasteiger partial charge in [0.1, 0.15) is 5.75 Å². The van der Waals surface area contributed by atoms with Gasteiger partial charge in [-0.2, -0.15) is 10.2 Å². The van der Waals surface area contributed by atoms with Crippen molar-refractivity contribution in [3.05, 3.63) is 47.3 Å². The summed E-state index contributed by atoms with van der Waals surface area (Å²) in [4.78, 5) is 11.9. The first-order chi connectivity index (χ1) is 9.97. The van der Waals surface area contributed by atoms with Crippen molar-refractivity contribution in [2.75, 3.05) is 0 Å². The zero-order chi connectivity index (χ0) is 15.4. The van der Waals surface area contributed by atoms with E-state index in [9.17, 15) is 9.90 Å². The summed E-state index contributed by atoms with van der Waals surface area (Å²) in [5.74, 6) is 0.103. The molecule has 3 N–H and O–H groups in total. The van der Waals surface area contributed by atoms with Gasteiger partial charge in [-0.3, -0.25) is 9.89 Å². The minimum Gasteiger partial charge on any atom is -0.508 e. The van der Waals surface area contributed by atoms with E-state index in [-0.39, 0.29) is 17.6 Å². The van der Waals surface area contributed by atoms with E-state index in [1.54, 1.807) is 37.3 Å². The van der Waals surface area contributed by atoms with Crippen LogP contribution in [-0.4, -0.2) is 26.9 Å². The van der Waals surface area contributed by atoms with E-state index in [0.717, 1.165) is 11.3 Å². The number of benzene rings is 1. The van der Waals surface area contributed by atoms with Crippen LogP contribution in [0, 0.1) is 0 Å². The van der Waals surface area contributed by atoms with Gasteiger partial charge in [-0.05, 0) is 48.7 Å². The second-order valence-electron chi connectivity index (χ2n) is 5.05. The van der Waals surface area contributed by atoms with Crippen LogP contribution in [0.3, 0.4) is 0 Å². The molecule has 0 unspecified atom stereocenters. The number of aromatic hydroxyl groups is 1. The topological polar surface area (TPSA) is 90.4 Å². The molecule has 6 nitrogen and oxygen atoms in total. The van der Waals surface area contributed by atoms with Gasteiger partial charge in [0.2, 0.25) is 0 Å². The van der Waals surface area contributed by atoms with E-state index >= 15 is 0 Å². The highest BCUT2D eigenvalue weighted by molar-refractivity contribution is 6.00. The zero-order valence-corrected chi connectivity index (χ0v) is 12.2. The van der Waals surface area contributed by atoms with Crippen LogP contribution in [0.15, 0.2) is 35.4 Å². The number of aromatic nitrogens is 2.